The van der Waals surface area contributed by atoms with Crippen molar-refractivity contribution in [3.8, 4) is 0 Å². The molecule has 3 atom stereocenters. The lowest BCUT2D eigenvalue weighted by molar-refractivity contribution is -0.00330. The first-order valence-electron chi connectivity index (χ1n) is 11.0. The van der Waals surface area contributed by atoms with Crippen LogP contribution in [0.5, 0.6) is 0 Å². The normalized spacial score (nSPS) is 18.8. The molecule has 7 nitrogen and oxygen atoms in total. The Morgan fingerprint density at radius 2 is 1.74 bits per heavy atom. The zero-order valence-electron chi connectivity index (χ0n) is 17.8. The Morgan fingerprint density at radius 1 is 1.06 bits per heavy atom. The number of H-pyrrole nitrogens is 1. The number of rotatable bonds is 7. The van der Waals surface area contributed by atoms with E-state index in [0.29, 0.717) is 6.54 Å². The molecular formula is C24H31N3O4. The van der Waals surface area contributed by atoms with Gasteiger partial charge in [-0.15, -0.1) is 0 Å². The average molecular weight is 426 g/mol. The van der Waals surface area contributed by atoms with Crippen LogP contribution in [0.1, 0.15) is 43.0 Å². The third-order valence-electron chi connectivity index (χ3n) is 6.60. The highest BCUT2D eigenvalue weighted by Gasteiger charge is 2.29. The number of benzene rings is 2. The van der Waals surface area contributed by atoms with Crippen LogP contribution in [-0.2, 0) is 6.61 Å². The summed E-state index contributed by atoms with van der Waals surface area (Å²) in [5, 5.41) is 30.6. The van der Waals surface area contributed by atoms with E-state index >= 15 is 0 Å². The number of aliphatic hydroxyl groups excluding tert-OH is 3. The van der Waals surface area contributed by atoms with Gasteiger partial charge < -0.3 is 25.2 Å². The molecule has 1 aromatic heterocycles. The summed E-state index contributed by atoms with van der Waals surface area (Å²) in [6.07, 6.45) is 0.243. The lowest BCUT2D eigenvalue weighted by Crippen LogP contribution is -2.43. The van der Waals surface area contributed by atoms with Crippen molar-refractivity contribution in [2.75, 3.05) is 19.6 Å². The summed E-state index contributed by atoms with van der Waals surface area (Å²) in [4.78, 5) is 17.6. The molecule has 31 heavy (non-hydrogen) atoms. The molecule has 166 valence electrons. The molecule has 0 unspecified atom stereocenters. The van der Waals surface area contributed by atoms with Crippen molar-refractivity contribution < 1.29 is 15.3 Å². The lowest BCUT2D eigenvalue weighted by Gasteiger charge is -2.35. The van der Waals surface area contributed by atoms with E-state index in [9.17, 15) is 15.0 Å². The van der Waals surface area contributed by atoms with E-state index in [1.165, 1.54) is 0 Å². The number of likely N-dealkylation sites (tertiary alicyclic amines) is 1. The molecule has 1 fully saturated rings. The predicted octanol–water partition coefficient (Wildman–Crippen LogP) is 2.19. The molecule has 1 aliphatic heterocycles. The molecule has 2 heterocycles. The summed E-state index contributed by atoms with van der Waals surface area (Å²) in [6, 6.07) is 15.1. The van der Waals surface area contributed by atoms with E-state index < -0.39 is 12.2 Å². The summed E-state index contributed by atoms with van der Waals surface area (Å²) < 4.78 is 1.87. The van der Waals surface area contributed by atoms with Crippen molar-refractivity contribution in [2.24, 2.45) is 5.92 Å². The van der Waals surface area contributed by atoms with Crippen LogP contribution >= 0.6 is 0 Å². The van der Waals surface area contributed by atoms with Gasteiger partial charge in [0.2, 0.25) is 0 Å². The molecular weight excluding hydrogens is 394 g/mol. The van der Waals surface area contributed by atoms with Crippen molar-refractivity contribution in [1.82, 2.24) is 14.5 Å². The third kappa shape index (κ3) is 4.60. The molecule has 0 saturated carbocycles. The molecule has 1 saturated heterocycles. The Labute approximate surface area is 181 Å². The number of aliphatic hydroxyl groups is 3. The van der Waals surface area contributed by atoms with Crippen LogP contribution in [0.4, 0.5) is 0 Å². The molecule has 0 aliphatic carbocycles. The predicted molar refractivity (Wildman–Crippen MR) is 120 cm³/mol. The zero-order chi connectivity index (χ0) is 22.0. The first-order valence-corrected chi connectivity index (χ1v) is 11.0. The first-order chi connectivity index (χ1) is 15.0. The van der Waals surface area contributed by atoms with E-state index in [0.717, 1.165) is 48.1 Å². The van der Waals surface area contributed by atoms with Crippen LogP contribution in [0.25, 0.3) is 11.0 Å². The van der Waals surface area contributed by atoms with Crippen molar-refractivity contribution in [1.29, 1.82) is 0 Å². The van der Waals surface area contributed by atoms with Gasteiger partial charge in [-0.05, 0) is 36.1 Å². The Hall–Kier alpha value is -2.45. The summed E-state index contributed by atoms with van der Waals surface area (Å²) in [6.45, 7) is 3.90. The van der Waals surface area contributed by atoms with E-state index in [-0.39, 0.29) is 24.3 Å². The number of β-amino-alcohol motifs (C(OH)–C–C–N with tert-alkyl or cyclic N) is 1. The van der Waals surface area contributed by atoms with Gasteiger partial charge in [-0.2, -0.15) is 0 Å². The van der Waals surface area contributed by atoms with Crippen LogP contribution in [0, 0.1) is 5.92 Å². The van der Waals surface area contributed by atoms with Gasteiger partial charge in [0.15, 0.2) is 0 Å². The molecule has 4 rings (SSSR count). The van der Waals surface area contributed by atoms with Gasteiger partial charge in [0.05, 0.1) is 29.8 Å². The number of nitrogens with one attached hydrogen (secondary N) is 1. The number of nitrogens with zero attached hydrogens (tertiary/aromatic N) is 2. The number of fused-ring (bicyclic) bond motifs is 1. The highest BCUT2D eigenvalue weighted by Crippen LogP contribution is 2.28. The number of piperidine rings is 1. The van der Waals surface area contributed by atoms with Gasteiger partial charge in [0.1, 0.15) is 0 Å². The summed E-state index contributed by atoms with van der Waals surface area (Å²) in [5.41, 5.74) is 3.27. The van der Waals surface area contributed by atoms with Crippen LogP contribution in [0.2, 0.25) is 0 Å². The molecule has 2 aromatic carbocycles. The largest absolute Gasteiger partial charge is 0.392 e. The zero-order valence-corrected chi connectivity index (χ0v) is 17.8. The fourth-order valence-corrected chi connectivity index (χ4v) is 4.56. The number of imidazole rings is 1. The van der Waals surface area contributed by atoms with Crippen molar-refractivity contribution in [2.45, 2.75) is 44.6 Å². The number of aromatic amines is 1. The highest BCUT2D eigenvalue weighted by atomic mass is 16.3. The van der Waals surface area contributed by atoms with Gasteiger partial charge in [-0.25, -0.2) is 4.79 Å². The molecule has 0 spiro atoms. The maximum absolute atomic E-state index is 12.4. The van der Waals surface area contributed by atoms with E-state index in [2.05, 4.69) is 9.88 Å². The second-order valence-electron chi connectivity index (χ2n) is 8.62. The van der Waals surface area contributed by atoms with Crippen molar-refractivity contribution >= 4 is 11.0 Å². The van der Waals surface area contributed by atoms with Crippen LogP contribution in [-0.4, -0.2) is 55.5 Å². The van der Waals surface area contributed by atoms with Gasteiger partial charge >= 0.3 is 5.69 Å². The summed E-state index contributed by atoms with van der Waals surface area (Å²) >= 11 is 0. The Balaban J connectivity index is 1.34. The monoisotopic (exact) mass is 425 g/mol. The maximum atomic E-state index is 12.4. The number of hydrogen-bond donors (Lipinski definition) is 4. The van der Waals surface area contributed by atoms with Crippen LogP contribution in [0.3, 0.4) is 0 Å². The van der Waals surface area contributed by atoms with Gasteiger partial charge in [-0.3, -0.25) is 4.57 Å². The van der Waals surface area contributed by atoms with E-state index in [1.807, 2.05) is 35.8 Å². The minimum absolute atomic E-state index is 0.0326. The van der Waals surface area contributed by atoms with Crippen molar-refractivity contribution in [3.63, 3.8) is 0 Å². The standard InChI is InChI=1S/C24H31N3O4/c1-16(23(30)18-8-6-17(15-28)7-9-18)22(29)14-26-12-10-19(11-13-26)27-21-5-3-2-4-20(21)25-24(27)31/h2-9,16,19,22-23,28-30H,10-15H2,1H3,(H,25,31)/t16-,22+,23+/m1/s1. The molecule has 4 N–H and O–H groups in total. The van der Waals surface area contributed by atoms with Gasteiger partial charge in [0, 0.05) is 31.6 Å². The molecule has 1 aliphatic rings. The van der Waals surface area contributed by atoms with Crippen LogP contribution in [0.15, 0.2) is 53.3 Å². The summed E-state index contributed by atoms with van der Waals surface area (Å²) in [7, 11) is 0. The molecule has 0 radical (unpaired) electrons. The summed E-state index contributed by atoms with van der Waals surface area (Å²) in [5.74, 6) is -0.325. The smallest absolute Gasteiger partial charge is 0.326 e. The minimum atomic E-state index is -0.773. The van der Waals surface area contributed by atoms with Crippen molar-refractivity contribution in [3.05, 3.63) is 70.1 Å². The SMILES string of the molecule is C[C@@H]([C@H](O)c1ccc(CO)cc1)[C@@H](O)CN1CCC(n2c(=O)[nH]c3ccccc32)CC1. The fourth-order valence-electron chi connectivity index (χ4n) is 4.56. The molecule has 0 amide bonds. The number of hydrogen-bond acceptors (Lipinski definition) is 5. The number of para-hydroxylation sites is 2. The second-order valence-corrected chi connectivity index (χ2v) is 8.62. The quantitative estimate of drug-likeness (QED) is 0.465. The molecule has 0 bridgehead atoms. The van der Waals surface area contributed by atoms with Gasteiger partial charge in [0.25, 0.3) is 0 Å². The van der Waals surface area contributed by atoms with E-state index in [4.69, 9.17) is 5.11 Å². The maximum Gasteiger partial charge on any atom is 0.326 e. The lowest BCUT2D eigenvalue weighted by atomic mass is 9.91. The fraction of sp³-hybridized carbons (Fsp3) is 0.458. The first kappa shape index (κ1) is 21.8. The topological polar surface area (TPSA) is 102 Å². The Bertz CT molecular complexity index is 1050. The minimum Gasteiger partial charge on any atom is -0.392 e. The average Bonchev–Trinajstić information content (AvgIpc) is 3.14. The van der Waals surface area contributed by atoms with Gasteiger partial charge in [-0.1, -0.05) is 43.3 Å². The second kappa shape index (κ2) is 9.36. The molecule has 7 heteroatoms. The number of aromatic nitrogens is 2. The Kier molecular flexibility index (Phi) is 6.57. The third-order valence-corrected chi connectivity index (χ3v) is 6.60. The Morgan fingerprint density at radius 3 is 2.42 bits per heavy atom. The highest BCUT2D eigenvalue weighted by molar-refractivity contribution is 5.75. The molecule has 3 aromatic rings. The van der Waals surface area contributed by atoms with Crippen LogP contribution < -0.4 is 5.69 Å². The van der Waals surface area contributed by atoms with E-state index in [1.54, 1.807) is 24.3 Å².